The fourth-order valence-corrected chi connectivity index (χ4v) is 2.01. The van der Waals surface area contributed by atoms with Gasteiger partial charge in [0.25, 0.3) is 0 Å². The van der Waals surface area contributed by atoms with Crippen LogP contribution in [0, 0.1) is 13.8 Å². The van der Waals surface area contributed by atoms with Crippen molar-refractivity contribution in [2.75, 3.05) is 6.61 Å². The van der Waals surface area contributed by atoms with Crippen LogP contribution in [0.4, 0.5) is 13.2 Å². The largest absolute Gasteiger partial charge is 0.413 e. The first-order valence-corrected chi connectivity index (χ1v) is 6.40. The van der Waals surface area contributed by atoms with E-state index in [1.165, 1.54) is 0 Å². The minimum atomic E-state index is -4.34. The van der Waals surface area contributed by atoms with Crippen LogP contribution < -0.4 is 5.48 Å². The SMILES string of the molecule is Cc1nn(-c2ccccc2)c(C)c1CNOCC(F)(F)F. The summed E-state index contributed by atoms with van der Waals surface area (Å²) in [6, 6.07) is 9.53. The molecule has 7 heteroatoms. The normalized spacial score (nSPS) is 11.9. The van der Waals surface area contributed by atoms with Crippen molar-refractivity contribution in [1.82, 2.24) is 15.3 Å². The van der Waals surface area contributed by atoms with Gasteiger partial charge in [-0.3, -0.25) is 4.84 Å². The van der Waals surface area contributed by atoms with Gasteiger partial charge < -0.3 is 0 Å². The van der Waals surface area contributed by atoms with E-state index in [9.17, 15) is 13.2 Å². The average Bonchev–Trinajstić information content (AvgIpc) is 2.71. The maximum absolute atomic E-state index is 12.0. The quantitative estimate of drug-likeness (QED) is 0.681. The van der Waals surface area contributed by atoms with E-state index in [2.05, 4.69) is 15.4 Å². The number of halogens is 3. The van der Waals surface area contributed by atoms with Crippen LogP contribution in [0.25, 0.3) is 5.69 Å². The number of para-hydroxylation sites is 1. The summed E-state index contributed by atoms with van der Waals surface area (Å²) in [5.41, 5.74) is 5.67. The number of aryl methyl sites for hydroxylation is 1. The van der Waals surface area contributed by atoms with E-state index in [4.69, 9.17) is 0 Å². The molecule has 0 bridgehead atoms. The van der Waals surface area contributed by atoms with Gasteiger partial charge in [-0.05, 0) is 26.0 Å². The summed E-state index contributed by atoms with van der Waals surface area (Å²) in [5, 5.41) is 4.41. The summed E-state index contributed by atoms with van der Waals surface area (Å²) >= 11 is 0. The summed E-state index contributed by atoms with van der Waals surface area (Å²) in [7, 11) is 0. The molecule has 1 aromatic carbocycles. The molecule has 0 unspecified atom stereocenters. The van der Waals surface area contributed by atoms with Crippen LogP contribution in [0.15, 0.2) is 30.3 Å². The highest BCUT2D eigenvalue weighted by Gasteiger charge is 2.27. The third kappa shape index (κ3) is 4.05. The second kappa shape index (κ2) is 6.28. The Labute approximate surface area is 120 Å². The van der Waals surface area contributed by atoms with Crippen molar-refractivity contribution in [3.05, 3.63) is 47.3 Å². The molecule has 1 N–H and O–H groups in total. The first-order chi connectivity index (χ1) is 9.88. The van der Waals surface area contributed by atoms with Crippen molar-refractivity contribution < 1.29 is 18.0 Å². The Morgan fingerprint density at radius 3 is 2.48 bits per heavy atom. The number of rotatable bonds is 5. The summed E-state index contributed by atoms with van der Waals surface area (Å²) in [4.78, 5) is 4.41. The van der Waals surface area contributed by atoms with E-state index in [0.29, 0.717) is 0 Å². The third-order valence-electron chi connectivity index (χ3n) is 3.03. The Morgan fingerprint density at radius 2 is 1.86 bits per heavy atom. The van der Waals surface area contributed by atoms with E-state index in [0.717, 1.165) is 22.6 Å². The predicted molar refractivity (Wildman–Crippen MR) is 71.9 cm³/mol. The van der Waals surface area contributed by atoms with Crippen molar-refractivity contribution in [3.8, 4) is 5.69 Å². The Hall–Kier alpha value is -1.86. The monoisotopic (exact) mass is 299 g/mol. The number of alkyl halides is 3. The number of benzene rings is 1. The summed E-state index contributed by atoms with van der Waals surface area (Å²) < 4.78 is 37.7. The maximum atomic E-state index is 12.0. The lowest BCUT2D eigenvalue weighted by atomic mass is 10.2. The second-order valence-corrected chi connectivity index (χ2v) is 4.62. The van der Waals surface area contributed by atoms with E-state index in [1.54, 1.807) is 4.68 Å². The molecule has 1 heterocycles. The van der Waals surface area contributed by atoms with Crippen molar-refractivity contribution in [3.63, 3.8) is 0 Å². The highest BCUT2D eigenvalue weighted by atomic mass is 19.4. The van der Waals surface area contributed by atoms with Gasteiger partial charge in [-0.1, -0.05) is 18.2 Å². The fraction of sp³-hybridized carbons (Fsp3) is 0.357. The van der Waals surface area contributed by atoms with Gasteiger partial charge in [0.05, 0.1) is 11.4 Å². The molecule has 0 aliphatic rings. The van der Waals surface area contributed by atoms with E-state index < -0.39 is 12.8 Å². The molecule has 0 amide bonds. The minimum absolute atomic E-state index is 0.167. The van der Waals surface area contributed by atoms with Crippen molar-refractivity contribution in [1.29, 1.82) is 0 Å². The van der Waals surface area contributed by atoms with Gasteiger partial charge in [-0.15, -0.1) is 0 Å². The Kier molecular flexibility index (Phi) is 4.64. The van der Waals surface area contributed by atoms with Gasteiger partial charge in [-0.2, -0.15) is 23.8 Å². The Bertz CT molecular complexity index is 594. The first-order valence-electron chi connectivity index (χ1n) is 6.40. The molecule has 21 heavy (non-hydrogen) atoms. The molecular formula is C14H16F3N3O. The van der Waals surface area contributed by atoms with Crippen LogP contribution in [0.5, 0.6) is 0 Å². The van der Waals surface area contributed by atoms with Crippen LogP contribution in [0.2, 0.25) is 0 Å². The van der Waals surface area contributed by atoms with Crippen molar-refractivity contribution in [2.45, 2.75) is 26.6 Å². The topological polar surface area (TPSA) is 39.1 Å². The smallest absolute Gasteiger partial charge is 0.292 e. The standard InChI is InChI=1S/C14H16F3N3O/c1-10-13(8-18-21-9-14(15,16)17)11(2)20(19-10)12-6-4-3-5-7-12/h3-7,18H,8-9H2,1-2H3. The highest BCUT2D eigenvalue weighted by molar-refractivity contribution is 5.36. The minimum Gasteiger partial charge on any atom is -0.292 e. The zero-order valence-electron chi connectivity index (χ0n) is 11.7. The number of aromatic nitrogens is 2. The van der Waals surface area contributed by atoms with Crippen LogP contribution >= 0.6 is 0 Å². The number of hydroxylamine groups is 1. The lowest BCUT2D eigenvalue weighted by Crippen LogP contribution is -2.24. The lowest BCUT2D eigenvalue weighted by molar-refractivity contribution is -0.190. The molecule has 0 spiro atoms. The third-order valence-corrected chi connectivity index (χ3v) is 3.03. The highest BCUT2D eigenvalue weighted by Crippen LogP contribution is 2.18. The maximum Gasteiger partial charge on any atom is 0.413 e. The molecule has 0 aliphatic heterocycles. The summed E-state index contributed by atoms with van der Waals surface area (Å²) in [6.45, 7) is 2.53. The van der Waals surface area contributed by atoms with Gasteiger partial charge in [0.2, 0.25) is 0 Å². The zero-order chi connectivity index (χ0) is 15.5. The molecule has 0 radical (unpaired) electrons. The van der Waals surface area contributed by atoms with E-state index in [-0.39, 0.29) is 6.54 Å². The van der Waals surface area contributed by atoms with Crippen LogP contribution in [0.1, 0.15) is 17.0 Å². The van der Waals surface area contributed by atoms with Gasteiger partial charge in [-0.25, -0.2) is 4.68 Å². The molecule has 114 valence electrons. The number of nitrogens with one attached hydrogen (secondary N) is 1. The number of hydrogen-bond donors (Lipinski definition) is 1. The van der Waals surface area contributed by atoms with Gasteiger partial charge in [0.15, 0.2) is 6.61 Å². The molecule has 0 aliphatic carbocycles. The van der Waals surface area contributed by atoms with Crippen molar-refractivity contribution in [2.24, 2.45) is 0 Å². The Balaban J connectivity index is 2.06. The van der Waals surface area contributed by atoms with Gasteiger partial charge in [0, 0.05) is 17.8 Å². The van der Waals surface area contributed by atoms with E-state index in [1.807, 2.05) is 44.2 Å². The molecule has 0 atom stereocenters. The zero-order valence-corrected chi connectivity index (χ0v) is 11.7. The first kappa shape index (κ1) is 15.5. The molecule has 4 nitrogen and oxygen atoms in total. The second-order valence-electron chi connectivity index (χ2n) is 4.62. The average molecular weight is 299 g/mol. The van der Waals surface area contributed by atoms with Crippen LogP contribution in [-0.2, 0) is 11.4 Å². The fourth-order valence-electron chi connectivity index (χ4n) is 2.01. The molecule has 0 fully saturated rings. The predicted octanol–water partition coefficient (Wildman–Crippen LogP) is 3.07. The van der Waals surface area contributed by atoms with Gasteiger partial charge >= 0.3 is 6.18 Å². The summed E-state index contributed by atoms with van der Waals surface area (Å²) in [6.07, 6.45) is -4.34. The molecule has 0 saturated heterocycles. The molecule has 0 saturated carbocycles. The number of hydrogen-bond acceptors (Lipinski definition) is 3. The molecule has 1 aromatic heterocycles. The lowest BCUT2D eigenvalue weighted by Gasteiger charge is -2.09. The Morgan fingerprint density at radius 1 is 1.19 bits per heavy atom. The van der Waals surface area contributed by atoms with Crippen molar-refractivity contribution >= 4 is 0 Å². The molecular weight excluding hydrogens is 283 g/mol. The molecule has 2 aromatic rings. The van der Waals surface area contributed by atoms with E-state index >= 15 is 0 Å². The van der Waals surface area contributed by atoms with Crippen LogP contribution in [0.3, 0.4) is 0 Å². The molecule has 2 rings (SSSR count). The van der Waals surface area contributed by atoms with Crippen LogP contribution in [-0.4, -0.2) is 22.6 Å². The van der Waals surface area contributed by atoms with Gasteiger partial charge in [0.1, 0.15) is 0 Å². The summed E-state index contributed by atoms with van der Waals surface area (Å²) in [5.74, 6) is 0. The number of nitrogens with zero attached hydrogens (tertiary/aromatic N) is 2.